The highest BCUT2D eigenvalue weighted by molar-refractivity contribution is 7.99. The number of hydrogen-bond donors (Lipinski definition) is 1. The SMILES string of the molecule is CCC(N)Cc1ccc(Sc2nnnn2C)cc1C. The summed E-state index contributed by atoms with van der Waals surface area (Å²) in [7, 11) is 1.84. The molecule has 19 heavy (non-hydrogen) atoms. The van der Waals surface area contributed by atoms with Crippen molar-refractivity contribution < 1.29 is 0 Å². The van der Waals surface area contributed by atoms with Crippen molar-refractivity contribution in [2.24, 2.45) is 12.8 Å². The summed E-state index contributed by atoms with van der Waals surface area (Å²) in [6.45, 7) is 4.24. The second-order valence-corrected chi connectivity index (χ2v) is 5.69. The lowest BCUT2D eigenvalue weighted by Crippen LogP contribution is -2.21. The van der Waals surface area contributed by atoms with Crippen LogP contribution in [0.2, 0.25) is 0 Å². The number of tetrazole rings is 1. The standard InChI is InChI=1S/C13H19N5S/c1-4-11(14)8-10-5-6-12(7-9(10)2)19-13-15-16-17-18(13)3/h5-7,11H,4,8,14H2,1-3H3. The second kappa shape index (κ2) is 6.16. The molecule has 0 spiro atoms. The molecule has 0 saturated heterocycles. The summed E-state index contributed by atoms with van der Waals surface area (Å²) in [5.41, 5.74) is 8.59. The first-order valence-corrected chi connectivity index (χ1v) is 7.17. The highest BCUT2D eigenvalue weighted by atomic mass is 32.2. The molecule has 0 amide bonds. The Bertz CT molecular complexity index is 552. The Kier molecular flexibility index (Phi) is 4.55. The van der Waals surface area contributed by atoms with Crippen molar-refractivity contribution in [1.82, 2.24) is 20.2 Å². The topological polar surface area (TPSA) is 69.6 Å². The second-order valence-electron chi connectivity index (χ2n) is 4.65. The number of nitrogens with two attached hydrogens (primary N) is 1. The molecule has 0 radical (unpaired) electrons. The summed E-state index contributed by atoms with van der Waals surface area (Å²) in [4.78, 5) is 1.14. The predicted octanol–water partition coefficient (Wildman–Crippen LogP) is 1.95. The molecule has 0 fully saturated rings. The normalized spacial score (nSPS) is 12.6. The molecule has 0 saturated carbocycles. The molecule has 0 bridgehead atoms. The van der Waals surface area contributed by atoms with Crippen molar-refractivity contribution >= 4 is 11.8 Å². The maximum atomic E-state index is 6.01. The monoisotopic (exact) mass is 277 g/mol. The van der Waals surface area contributed by atoms with Crippen LogP contribution in [-0.4, -0.2) is 26.2 Å². The van der Waals surface area contributed by atoms with Crippen LogP contribution in [0.1, 0.15) is 24.5 Å². The fourth-order valence-electron chi connectivity index (χ4n) is 1.80. The maximum absolute atomic E-state index is 6.01. The van der Waals surface area contributed by atoms with E-state index in [4.69, 9.17) is 5.73 Å². The number of rotatable bonds is 5. The fourth-order valence-corrected chi connectivity index (χ4v) is 2.63. The lowest BCUT2D eigenvalue weighted by atomic mass is 10.0. The third-order valence-corrected chi connectivity index (χ3v) is 4.13. The Morgan fingerprint density at radius 3 is 2.79 bits per heavy atom. The Morgan fingerprint density at radius 1 is 1.42 bits per heavy atom. The van der Waals surface area contributed by atoms with E-state index in [9.17, 15) is 0 Å². The van der Waals surface area contributed by atoms with Gasteiger partial charge in [0.2, 0.25) is 5.16 Å². The van der Waals surface area contributed by atoms with Gasteiger partial charge < -0.3 is 5.73 Å². The summed E-state index contributed by atoms with van der Waals surface area (Å²) in [6.07, 6.45) is 1.93. The Morgan fingerprint density at radius 2 is 2.21 bits per heavy atom. The minimum Gasteiger partial charge on any atom is -0.327 e. The first-order valence-electron chi connectivity index (χ1n) is 6.35. The molecule has 2 aromatic rings. The maximum Gasteiger partial charge on any atom is 0.213 e. The Labute approximate surface area is 117 Å². The molecule has 2 rings (SSSR count). The van der Waals surface area contributed by atoms with E-state index in [1.807, 2.05) is 7.05 Å². The molecule has 1 aromatic carbocycles. The largest absolute Gasteiger partial charge is 0.327 e. The van der Waals surface area contributed by atoms with Crippen LogP contribution in [-0.2, 0) is 13.5 Å². The first kappa shape index (κ1) is 14.0. The van der Waals surface area contributed by atoms with Crippen molar-refractivity contribution in [2.75, 3.05) is 0 Å². The van der Waals surface area contributed by atoms with Crippen LogP contribution in [0.15, 0.2) is 28.3 Å². The van der Waals surface area contributed by atoms with E-state index in [-0.39, 0.29) is 6.04 Å². The molecule has 0 aliphatic heterocycles. The summed E-state index contributed by atoms with van der Waals surface area (Å²) >= 11 is 1.56. The van der Waals surface area contributed by atoms with Gasteiger partial charge in [-0.05, 0) is 65.2 Å². The zero-order valence-corrected chi connectivity index (χ0v) is 12.3. The molecular weight excluding hydrogens is 258 g/mol. The van der Waals surface area contributed by atoms with Gasteiger partial charge in [0.25, 0.3) is 0 Å². The van der Waals surface area contributed by atoms with Gasteiger partial charge in [-0.3, -0.25) is 0 Å². The molecule has 0 aliphatic rings. The van der Waals surface area contributed by atoms with E-state index in [0.717, 1.165) is 22.9 Å². The lowest BCUT2D eigenvalue weighted by Gasteiger charge is -2.12. The number of aromatic nitrogens is 4. The molecule has 0 aliphatic carbocycles. The summed E-state index contributed by atoms with van der Waals surface area (Å²) < 4.78 is 1.67. The van der Waals surface area contributed by atoms with Crippen LogP contribution in [0.3, 0.4) is 0 Å². The molecule has 6 heteroatoms. The molecule has 1 atom stereocenters. The third-order valence-electron chi connectivity index (χ3n) is 3.11. The van der Waals surface area contributed by atoms with Crippen LogP contribution in [0, 0.1) is 6.92 Å². The average molecular weight is 277 g/mol. The van der Waals surface area contributed by atoms with Gasteiger partial charge in [0.05, 0.1) is 0 Å². The van der Waals surface area contributed by atoms with E-state index in [0.29, 0.717) is 0 Å². The average Bonchev–Trinajstić information content (AvgIpc) is 2.78. The van der Waals surface area contributed by atoms with Crippen LogP contribution in [0.5, 0.6) is 0 Å². The van der Waals surface area contributed by atoms with Gasteiger partial charge in [0.15, 0.2) is 0 Å². The molecule has 1 aromatic heterocycles. The van der Waals surface area contributed by atoms with Gasteiger partial charge in [-0.15, -0.1) is 5.10 Å². The van der Waals surface area contributed by atoms with E-state index in [1.165, 1.54) is 11.1 Å². The van der Waals surface area contributed by atoms with Gasteiger partial charge >= 0.3 is 0 Å². The number of benzene rings is 1. The van der Waals surface area contributed by atoms with E-state index in [1.54, 1.807) is 16.4 Å². The molecule has 2 N–H and O–H groups in total. The molecular formula is C13H19N5S. The Hall–Kier alpha value is -1.40. The zero-order chi connectivity index (χ0) is 13.8. The van der Waals surface area contributed by atoms with Gasteiger partial charge in [-0.1, -0.05) is 13.0 Å². The van der Waals surface area contributed by atoms with Crippen LogP contribution >= 0.6 is 11.8 Å². The summed E-state index contributed by atoms with van der Waals surface area (Å²) in [5.74, 6) is 0. The van der Waals surface area contributed by atoms with Crippen molar-refractivity contribution in [2.45, 2.75) is 42.8 Å². The lowest BCUT2D eigenvalue weighted by molar-refractivity contribution is 0.644. The van der Waals surface area contributed by atoms with Crippen molar-refractivity contribution in [1.29, 1.82) is 0 Å². The zero-order valence-electron chi connectivity index (χ0n) is 11.5. The smallest absolute Gasteiger partial charge is 0.213 e. The third kappa shape index (κ3) is 3.54. The number of hydrogen-bond acceptors (Lipinski definition) is 5. The first-order chi connectivity index (χ1) is 9.10. The summed E-state index contributed by atoms with van der Waals surface area (Å²) in [6, 6.07) is 6.65. The minimum absolute atomic E-state index is 0.236. The highest BCUT2D eigenvalue weighted by Gasteiger charge is 2.08. The molecule has 1 heterocycles. The van der Waals surface area contributed by atoms with Crippen molar-refractivity contribution in [3.8, 4) is 0 Å². The summed E-state index contributed by atoms with van der Waals surface area (Å²) in [5, 5.41) is 12.2. The quantitative estimate of drug-likeness (QED) is 0.904. The van der Waals surface area contributed by atoms with Gasteiger partial charge in [0.1, 0.15) is 0 Å². The van der Waals surface area contributed by atoms with Crippen LogP contribution in [0.4, 0.5) is 0 Å². The Balaban J connectivity index is 2.12. The number of nitrogens with zero attached hydrogens (tertiary/aromatic N) is 4. The highest BCUT2D eigenvalue weighted by Crippen LogP contribution is 2.27. The van der Waals surface area contributed by atoms with Gasteiger partial charge in [0, 0.05) is 18.0 Å². The van der Waals surface area contributed by atoms with E-state index >= 15 is 0 Å². The van der Waals surface area contributed by atoms with Crippen molar-refractivity contribution in [3.63, 3.8) is 0 Å². The van der Waals surface area contributed by atoms with Gasteiger partial charge in [-0.25, -0.2) is 4.68 Å². The minimum atomic E-state index is 0.236. The van der Waals surface area contributed by atoms with Crippen molar-refractivity contribution in [3.05, 3.63) is 29.3 Å². The van der Waals surface area contributed by atoms with Gasteiger partial charge in [-0.2, -0.15) is 0 Å². The van der Waals surface area contributed by atoms with Crippen LogP contribution < -0.4 is 5.73 Å². The van der Waals surface area contributed by atoms with E-state index < -0.39 is 0 Å². The fraction of sp³-hybridized carbons (Fsp3) is 0.462. The molecule has 1 unspecified atom stereocenters. The molecule has 102 valence electrons. The van der Waals surface area contributed by atoms with Crippen LogP contribution in [0.25, 0.3) is 0 Å². The predicted molar refractivity (Wildman–Crippen MR) is 76.1 cm³/mol. The number of aryl methyl sites for hydroxylation is 2. The van der Waals surface area contributed by atoms with E-state index in [2.05, 4.69) is 47.6 Å². The molecule has 5 nitrogen and oxygen atoms in total.